The first kappa shape index (κ1) is 15.3. The summed E-state index contributed by atoms with van der Waals surface area (Å²) in [6.07, 6.45) is 0. The number of halogens is 1. The molecule has 0 aliphatic heterocycles. The molecule has 0 fully saturated rings. The first-order valence-corrected chi connectivity index (χ1v) is 9.24. The Morgan fingerprint density at radius 3 is 2.77 bits per heavy atom. The van der Waals surface area contributed by atoms with Gasteiger partial charge in [0.2, 0.25) is 5.91 Å². The Balaban J connectivity index is 2.01. The molecular weight excluding hydrogens is 394 g/mol. The van der Waals surface area contributed by atoms with Crippen molar-refractivity contribution < 1.29 is 4.79 Å². The SMILES string of the molecule is O=C(CBr)Nc1cc2cccc3c(=O)n4c5ccccc5nc4c(c1)c23. The number of fused-ring (bicyclic) bond motifs is 4. The van der Waals surface area contributed by atoms with Crippen molar-refractivity contribution in [2.24, 2.45) is 0 Å². The second-order valence-corrected chi connectivity index (χ2v) is 6.73. The number of carbonyl (C=O) groups excluding carboxylic acids is 1. The summed E-state index contributed by atoms with van der Waals surface area (Å²) in [6.45, 7) is 0. The van der Waals surface area contributed by atoms with Crippen molar-refractivity contribution in [2.75, 3.05) is 10.6 Å². The molecule has 3 aromatic carbocycles. The minimum atomic E-state index is -0.131. The van der Waals surface area contributed by atoms with E-state index in [4.69, 9.17) is 0 Å². The summed E-state index contributed by atoms with van der Waals surface area (Å²) in [5.41, 5.74) is 2.76. The van der Waals surface area contributed by atoms with Gasteiger partial charge >= 0.3 is 0 Å². The lowest BCUT2D eigenvalue weighted by molar-refractivity contribution is -0.113. The number of rotatable bonds is 2. The number of para-hydroxylation sites is 2. The molecular formula is C20H12BrN3O2. The van der Waals surface area contributed by atoms with Crippen LogP contribution in [-0.4, -0.2) is 20.6 Å². The summed E-state index contributed by atoms with van der Waals surface area (Å²) >= 11 is 3.16. The fourth-order valence-corrected chi connectivity index (χ4v) is 3.72. The molecule has 0 aliphatic rings. The lowest BCUT2D eigenvalue weighted by Crippen LogP contribution is -2.14. The highest BCUT2D eigenvalue weighted by Gasteiger charge is 2.16. The van der Waals surface area contributed by atoms with E-state index >= 15 is 0 Å². The number of amides is 1. The lowest BCUT2D eigenvalue weighted by Gasteiger charge is -2.10. The molecule has 0 saturated heterocycles. The monoisotopic (exact) mass is 405 g/mol. The van der Waals surface area contributed by atoms with Crippen LogP contribution in [0.25, 0.3) is 38.2 Å². The molecule has 5 aromatic rings. The van der Waals surface area contributed by atoms with Crippen LogP contribution < -0.4 is 10.9 Å². The predicted molar refractivity (Wildman–Crippen MR) is 108 cm³/mol. The first-order valence-electron chi connectivity index (χ1n) is 8.12. The van der Waals surface area contributed by atoms with Crippen molar-refractivity contribution in [3.05, 3.63) is 65.0 Å². The van der Waals surface area contributed by atoms with Gasteiger partial charge in [-0.3, -0.25) is 14.0 Å². The van der Waals surface area contributed by atoms with E-state index in [0.29, 0.717) is 16.7 Å². The summed E-state index contributed by atoms with van der Waals surface area (Å²) in [5, 5.41) is 6.35. The average Bonchev–Trinajstić information content (AvgIpc) is 3.05. The molecule has 0 atom stereocenters. The third kappa shape index (κ3) is 2.05. The lowest BCUT2D eigenvalue weighted by atomic mass is 10.0. The van der Waals surface area contributed by atoms with Crippen molar-refractivity contribution in [1.29, 1.82) is 0 Å². The van der Waals surface area contributed by atoms with Crippen molar-refractivity contribution in [3.8, 4) is 0 Å². The Bertz CT molecular complexity index is 1390. The van der Waals surface area contributed by atoms with Crippen LogP contribution in [0.1, 0.15) is 0 Å². The number of hydrogen-bond acceptors (Lipinski definition) is 3. The van der Waals surface area contributed by atoms with Crippen molar-refractivity contribution in [2.45, 2.75) is 0 Å². The number of pyridine rings is 1. The summed E-state index contributed by atoms with van der Waals surface area (Å²) in [5.74, 6) is -0.131. The minimum absolute atomic E-state index is 0.0796. The number of nitrogens with one attached hydrogen (secondary N) is 1. The van der Waals surface area contributed by atoms with Crippen molar-refractivity contribution >= 4 is 65.7 Å². The predicted octanol–water partition coefficient (Wildman–Crippen LogP) is 3.93. The van der Waals surface area contributed by atoms with Gasteiger partial charge in [0, 0.05) is 21.8 Å². The van der Waals surface area contributed by atoms with Gasteiger partial charge in [0.05, 0.1) is 16.4 Å². The molecule has 5 rings (SSSR count). The maximum atomic E-state index is 13.1. The van der Waals surface area contributed by atoms with E-state index in [9.17, 15) is 9.59 Å². The van der Waals surface area contributed by atoms with Gasteiger partial charge < -0.3 is 5.32 Å². The van der Waals surface area contributed by atoms with Gasteiger partial charge in [-0.15, -0.1) is 0 Å². The Hall–Kier alpha value is -2.99. The fraction of sp³-hybridized carbons (Fsp3) is 0.0500. The number of anilines is 1. The summed E-state index contributed by atoms with van der Waals surface area (Å²) in [4.78, 5) is 29.6. The molecule has 5 nitrogen and oxygen atoms in total. The topological polar surface area (TPSA) is 63.5 Å². The Morgan fingerprint density at radius 1 is 1.08 bits per heavy atom. The molecule has 2 aromatic heterocycles. The molecule has 126 valence electrons. The molecule has 0 bridgehead atoms. The van der Waals surface area contributed by atoms with Crippen LogP contribution in [0.5, 0.6) is 0 Å². The van der Waals surface area contributed by atoms with Crippen LogP contribution in [0.15, 0.2) is 59.4 Å². The molecule has 6 heteroatoms. The molecule has 0 saturated carbocycles. The zero-order chi connectivity index (χ0) is 17.8. The van der Waals surface area contributed by atoms with E-state index in [0.717, 1.165) is 27.2 Å². The normalized spacial score (nSPS) is 11.7. The highest BCUT2D eigenvalue weighted by Crippen LogP contribution is 2.32. The van der Waals surface area contributed by atoms with E-state index in [1.54, 1.807) is 4.40 Å². The van der Waals surface area contributed by atoms with E-state index in [1.165, 1.54) is 0 Å². The molecule has 0 radical (unpaired) electrons. The van der Waals surface area contributed by atoms with E-state index in [2.05, 4.69) is 26.2 Å². The molecule has 0 spiro atoms. The van der Waals surface area contributed by atoms with Gasteiger partial charge in [-0.2, -0.15) is 0 Å². The van der Waals surface area contributed by atoms with Gasteiger partial charge in [-0.1, -0.05) is 40.2 Å². The number of imidazole rings is 1. The van der Waals surface area contributed by atoms with E-state index in [1.807, 2.05) is 54.6 Å². The van der Waals surface area contributed by atoms with Crippen LogP contribution in [0.4, 0.5) is 5.69 Å². The van der Waals surface area contributed by atoms with Gasteiger partial charge in [-0.25, -0.2) is 4.98 Å². The van der Waals surface area contributed by atoms with Gasteiger partial charge in [-0.05, 0) is 35.7 Å². The Morgan fingerprint density at radius 2 is 1.92 bits per heavy atom. The smallest absolute Gasteiger partial charge is 0.264 e. The van der Waals surface area contributed by atoms with Gasteiger partial charge in [0.25, 0.3) is 5.56 Å². The average molecular weight is 406 g/mol. The number of nitrogens with zero attached hydrogens (tertiary/aromatic N) is 2. The third-order valence-corrected chi connectivity index (χ3v) is 5.13. The highest BCUT2D eigenvalue weighted by molar-refractivity contribution is 9.09. The second-order valence-electron chi connectivity index (χ2n) is 6.17. The standard InChI is InChI=1S/C20H12BrN3O2/c21-10-17(25)22-12-8-11-4-3-5-13-18(11)14(9-12)19-23-15-6-1-2-7-16(15)24(19)20(13)26/h1-9H,10H2,(H,22,25). The van der Waals surface area contributed by atoms with Crippen LogP contribution in [0.2, 0.25) is 0 Å². The molecule has 26 heavy (non-hydrogen) atoms. The molecule has 1 amide bonds. The molecule has 2 heterocycles. The molecule has 0 aliphatic carbocycles. The highest BCUT2D eigenvalue weighted by atomic mass is 79.9. The van der Waals surface area contributed by atoms with E-state index < -0.39 is 0 Å². The number of carbonyl (C=O) groups is 1. The summed E-state index contributed by atoms with van der Waals surface area (Å²) in [6, 6.07) is 17.0. The van der Waals surface area contributed by atoms with Gasteiger partial charge in [0.1, 0.15) is 5.65 Å². The quantitative estimate of drug-likeness (QED) is 0.452. The zero-order valence-corrected chi connectivity index (χ0v) is 15.1. The number of aromatic nitrogens is 2. The number of benzene rings is 3. The number of hydrogen-bond donors (Lipinski definition) is 1. The third-order valence-electron chi connectivity index (χ3n) is 4.62. The number of alkyl halides is 1. The maximum Gasteiger partial charge on any atom is 0.264 e. The molecule has 1 N–H and O–H groups in total. The fourth-order valence-electron chi connectivity index (χ4n) is 3.58. The Kier molecular flexibility index (Phi) is 3.24. The summed E-state index contributed by atoms with van der Waals surface area (Å²) < 4.78 is 1.66. The van der Waals surface area contributed by atoms with Crippen molar-refractivity contribution in [1.82, 2.24) is 9.38 Å². The maximum absolute atomic E-state index is 13.1. The van der Waals surface area contributed by atoms with Crippen LogP contribution >= 0.6 is 15.9 Å². The van der Waals surface area contributed by atoms with Gasteiger partial charge in [0.15, 0.2) is 0 Å². The first-order chi connectivity index (χ1) is 12.7. The second kappa shape index (κ2) is 5.51. The van der Waals surface area contributed by atoms with Crippen LogP contribution in [0.3, 0.4) is 0 Å². The van der Waals surface area contributed by atoms with Crippen LogP contribution in [0, 0.1) is 0 Å². The van der Waals surface area contributed by atoms with Crippen molar-refractivity contribution in [3.63, 3.8) is 0 Å². The zero-order valence-electron chi connectivity index (χ0n) is 13.5. The van der Waals surface area contributed by atoms with E-state index in [-0.39, 0.29) is 16.8 Å². The molecule has 0 unspecified atom stereocenters. The minimum Gasteiger partial charge on any atom is -0.325 e. The van der Waals surface area contributed by atoms with Crippen LogP contribution in [-0.2, 0) is 4.79 Å². The largest absolute Gasteiger partial charge is 0.325 e. The Labute approximate surface area is 155 Å². The summed E-state index contributed by atoms with van der Waals surface area (Å²) in [7, 11) is 0.